The molecule has 0 amide bonds. The second kappa shape index (κ2) is 3.06. The number of aliphatic hydroxyl groups is 2. The van der Waals surface area contributed by atoms with Crippen LogP contribution in [0.1, 0.15) is 6.92 Å². The van der Waals surface area contributed by atoms with Crippen molar-refractivity contribution in [2.75, 3.05) is 13.2 Å². The van der Waals surface area contributed by atoms with Gasteiger partial charge in [0.25, 0.3) is 0 Å². The normalized spacial score (nSPS) is 49.2. The highest BCUT2D eigenvalue weighted by Gasteiger charge is 2.46. The fourth-order valence-corrected chi connectivity index (χ4v) is 1.91. The summed E-state index contributed by atoms with van der Waals surface area (Å²) >= 11 is 0. The largest absolute Gasteiger partial charge is 0.472 e. The summed E-state index contributed by atoms with van der Waals surface area (Å²) in [7, 11) is -4.08. The Morgan fingerprint density at radius 2 is 2.33 bits per heavy atom. The van der Waals surface area contributed by atoms with Gasteiger partial charge < -0.3 is 15.1 Å². The molecule has 1 heterocycles. The first-order valence-corrected chi connectivity index (χ1v) is 4.86. The molecule has 0 aliphatic carbocycles. The Kier molecular flexibility index (Phi) is 2.58. The average Bonchev–Trinajstić information content (AvgIpc) is 1.97. The van der Waals surface area contributed by atoms with E-state index < -0.39 is 26.1 Å². The van der Waals surface area contributed by atoms with Gasteiger partial charge in [-0.25, -0.2) is 4.57 Å². The first-order valence-electron chi connectivity index (χ1n) is 3.37. The van der Waals surface area contributed by atoms with Crippen molar-refractivity contribution < 1.29 is 28.7 Å². The molecule has 7 heteroatoms. The van der Waals surface area contributed by atoms with Gasteiger partial charge in [-0.3, -0.25) is 9.05 Å². The van der Waals surface area contributed by atoms with Gasteiger partial charge in [0.05, 0.1) is 13.2 Å². The number of rotatable bonds is 1. The van der Waals surface area contributed by atoms with Crippen molar-refractivity contribution in [3.63, 3.8) is 0 Å². The van der Waals surface area contributed by atoms with Crippen LogP contribution in [0.25, 0.3) is 0 Å². The average molecular weight is 198 g/mol. The topological polar surface area (TPSA) is 96.2 Å². The van der Waals surface area contributed by atoms with Gasteiger partial charge in [-0.15, -0.1) is 0 Å². The molecule has 0 aromatic carbocycles. The first-order chi connectivity index (χ1) is 5.40. The third-order valence-corrected chi connectivity index (χ3v) is 2.86. The van der Waals surface area contributed by atoms with Gasteiger partial charge in [0.2, 0.25) is 0 Å². The molecule has 0 aromatic heterocycles. The summed E-state index contributed by atoms with van der Waals surface area (Å²) in [5.74, 6) is 0. The third-order valence-electron chi connectivity index (χ3n) is 1.74. The molecule has 6 nitrogen and oxygen atoms in total. The van der Waals surface area contributed by atoms with Gasteiger partial charge in [-0.1, -0.05) is 0 Å². The number of phosphoric acid groups is 1. The molecule has 0 aromatic rings. The van der Waals surface area contributed by atoms with Crippen LogP contribution in [0.2, 0.25) is 0 Å². The Balaban J connectivity index is 2.79. The van der Waals surface area contributed by atoms with E-state index in [9.17, 15) is 9.67 Å². The standard InChI is InChI=1S/C5H11O6P/c1-5(3-6)4(7)2-10-12(8,9)11-5/h4,6-7H,2-3H2,1H3,(H,8,9)/t4-,5+/m1/s1. The predicted molar refractivity (Wildman–Crippen MR) is 38.4 cm³/mol. The summed E-state index contributed by atoms with van der Waals surface area (Å²) in [4.78, 5) is 8.85. The summed E-state index contributed by atoms with van der Waals surface area (Å²) in [6, 6.07) is 0. The lowest BCUT2D eigenvalue weighted by atomic mass is 10.0. The highest BCUT2D eigenvalue weighted by molar-refractivity contribution is 7.47. The van der Waals surface area contributed by atoms with Gasteiger partial charge in [0.1, 0.15) is 11.7 Å². The van der Waals surface area contributed by atoms with E-state index in [4.69, 9.17) is 10.00 Å². The van der Waals surface area contributed by atoms with Crippen LogP contribution in [0.4, 0.5) is 0 Å². The van der Waals surface area contributed by atoms with Crippen LogP contribution in [-0.2, 0) is 13.6 Å². The second-order valence-corrected chi connectivity index (χ2v) is 4.22. The van der Waals surface area contributed by atoms with Crippen LogP contribution in [-0.4, -0.2) is 40.0 Å². The van der Waals surface area contributed by atoms with Crippen LogP contribution in [0.5, 0.6) is 0 Å². The summed E-state index contributed by atoms with van der Waals surface area (Å²) in [5.41, 5.74) is -1.41. The van der Waals surface area contributed by atoms with Crippen molar-refractivity contribution in [1.29, 1.82) is 0 Å². The number of hydrogen-bond donors (Lipinski definition) is 3. The molecule has 0 bridgehead atoms. The summed E-state index contributed by atoms with van der Waals surface area (Å²) in [5, 5.41) is 18.0. The van der Waals surface area contributed by atoms with Crippen molar-refractivity contribution in [3.05, 3.63) is 0 Å². The van der Waals surface area contributed by atoms with Crippen LogP contribution in [0, 0.1) is 0 Å². The van der Waals surface area contributed by atoms with Crippen LogP contribution in [0.3, 0.4) is 0 Å². The maximum atomic E-state index is 10.8. The lowest BCUT2D eigenvalue weighted by molar-refractivity contribution is -0.133. The molecule has 3 atom stereocenters. The molecular weight excluding hydrogens is 187 g/mol. The van der Waals surface area contributed by atoms with Crippen molar-refractivity contribution in [1.82, 2.24) is 0 Å². The molecular formula is C5H11O6P. The number of aliphatic hydroxyl groups excluding tert-OH is 2. The molecule has 0 saturated carbocycles. The van der Waals surface area contributed by atoms with E-state index in [1.165, 1.54) is 6.92 Å². The zero-order valence-electron chi connectivity index (χ0n) is 6.51. The molecule has 1 unspecified atom stereocenters. The highest BCUT2D eigenvalue weighted by atomic mass is 31.2. The molecule has 1 fully saturated rings. The van der Waals surface area contributed by atoms with E-state index in [0.717, 1.165) is 0 Å². The molecule has 1 aliphatic rings. The quantitative estimate of drug-likeness (QED) is 0.479. The van der Waals surface area contributed by atoms with Gasteiger partial charge in [0.15, 0.2) is 0 Å². The van der Waals surface area contributed by atoms with Gasteiger partial charge in [0, 0.05) is 0 Å². The Bertz CT molecular complexity index is 218. The Morgan fingerprint density at radius 1 is 1.75 bits per heavy atom. The van der Waals surface area contributed by atoms with Crippen molar-refractivity contribution >= 4 is 7.82 Å². The van der Waals surface area contributed by atoms with Crippen LogP contribution >= 0.6 is 7.82 Å². The van der Waals surface area contributed by atoms with Gasteiger partial charge >= 0.3 is 7.82 Å². The molecule has 12 heavy (non-hydrogen) atoms. The summed E-state index contributed by atoms with van der Waals surface area (Å²) in [6.07, 6.45) is -1.10. The minimum atomic E-state index is -4.08. The van der Waals surface area contributed by atoms with Crippen LogP contribution < -0.4 is 0 Å². The summed E-state index contributed by atoms with van der Waals surface area (Å²) < 4.78 is 19.7. The Hall–Kier alpha value is 0.0300. The number of phosphoric ester groups is 1. The minimum absolute atomic E-state index is 0.315. The Labute approximate surface area is 69.4 Å². The Morgan fingerprint density at radius 3 is 2.75 bits per heavy atom. The van der Waals surface area contributed by atoms with E-state index in [2.05, 4.69) is 9.05 Å². The first kappa shape index (κ1) is 10.1. The molecule has 1 rings (SSSR count). The molecule has 72 valence electrons. The summed E-state index contributed by atoms with van der Waals surface area (Å²) in [6.45, 7) is 0.482. The van der Waals surface area contributed by atoms with Gasteiger partial charge in [-0.05, 0) is 6.92 Å². The fraction of sp³-hybridized carbons (Fsp3) is 1.00. The molecule has 3 N–H and O–H groups in total. The van der Waals surface area contributed by atoms with E-state index in [-0.39, 0.29) is 6.61 Å². The van der Waals surface area contributed by atoms with E-state index in [1.807, 2.05) is 0 Å². The van der Waals surface area contributed by atoms with Crippen molar-refractivity contribution in [2.45, 2.75) is 18.6 Å². The lowest BCUT2D eigenvalue weighted by Gasteiger charge is -2.37. The van der Waals surface area contributed by atoms with E-state index >= 15 is 0 Å². The monoisotopic (exact) mass is 198 g/mol. The minimum Gasteiger partial charge on any atom is -0.393 e. The molecule has 1 saturated heterocycles. The second-order valence-electron chi connectivity index (χ2n) is 2.84. The number of hydrogen-bond acceptors (Lipinski definition) is 5. The fourth-order valence-electron chi connectivity index (χ4n) is 0.826. The van der Waals surface area contributed by atoms with Crippen molar-refractivity contribution in [3.8, 4) is 0 Å². The van der Waals surface area contributed by atoms with Crippen molar-refractivity contribution in [2.24, 2.45) is 0 Å². The maximum absolute atomic E-state index is 10.8. The molecule has 1 aliphatic heterocycles. The highest BCUT2D eigenvalue weighted by Crippen LogP contribution is 2.51. The van der Waals surface area contributed by atoms with E-state index in [0.29, 0.717) is 0 Å². The van der Waals surface area contributed by atoms with E-state index in [1.54, 1.807) is 0 Å². The van der Waals surface area contributed by atoms with Gasteiger partial charge in [-0.2, -0.15) is 0 Å². The van der Waals surface area contributed by atoms with Crippen LogP contribution in [0.15, 0.2) is 0 Å². The third kappa shape index (κ3) is 1.85. The molecule has 0 radical (unpaired) electrons. The lowest BCUT2D eigenvalue weighted by Crippen LogP contribution is -2.50. The molecule has 0 spiro atoms. The smallest absolute Gasteiger partial charge is 0.393 e. The SMILES string of the molecule is C[C@@]1(CO)OP(=O)(O)OC[C@H]1O. The predicted octanol–water partition coefficient (Wildman–Crippen LogP) is -0.755. The maximum Gasteiger partial charge on any atom is 0.472 e. The zero-order chi connectivity index (χ0) is 9.41. The zero-order valence-corrected chi connectivity index (χ0v) is 7.40.